The van der Waals surface area contributed by atoms with Gasteiger partial charge in [-0.2, -0.15) is 0 Å². The lowest BCUT2D eigenvalue weighted by Crippen LogP contribution is -2.23. The summed E-state index contributed by atoms with van der Waals surface area (Å²) in [5.74, 6) is -0.435. The van der Waals surface area contributed by atoms with E-state index >= 15 is 0 Å². The first-order chi connectivity index (χ1) is 11.7. The lowest BCUT2D eigenvalue weighted by Gasteiger charge is -2.13. The lowest BCUT2D eigenvalue weighted by molar-refractivity contribution is -0.114. The van der Waals surface area contributed by atoms with Crippen molar-refractivity contribution in [3.8, 4) is 5.75 Å². The van der Waals surface area contributed by atoms with Gasteiger partial charge in [0.15, 0.2) is 0 Å². The van der Waals surface area contributed by atoms with Gasteiger partial charge in [0.05, 0.1) is 17.1 Å². The monoisotopic (exact) mass is 383 g/mol. The van der Waals surface area contributed by atoms with Crippen LogP contribution in [0.3, 0.4) is 0 Å². The van der Waals surface area contributed by atoms with Gasteiger partial charge < -0.3 is 15.7 Å². The van der Waals surface area contributed by atoms with Gasteiger partial charge in [-0.05, 0) is 36.4 Å². The molecule has 0 saturated heterocycles. The van der Waals surface area contributed by atoms with Crippen LogP contribution in [0.25, 0.3) is 0 Å². The molecular formula is C16H18ClN3O4S. The number of phenolic OH excluding ortho intramolecular Hbond substituents is 1. The Morgan fingerprint density at radius 2 is 1.92 bits per heavy atom. The van der Waals surface area contributed by atoms with Gasteiger partial charge in [-0.25, -0.2) is 12.7 Å². The third-order valence-electron chi connectivity index (χ3n) is 3.29. The number of benzene rings is 2. The van der Waals surface area contributed by atoms with Crippen LogP contribution < -0.4 is 10.6 Å². The van der Waals surface area contributed by atoms with Crippen molar-refractivity contribution in [3.05, 3.63) is 47.5 Å². The maximum atomic E-state index is 12.1. The average molecular weight is 384 g/mol. The molecule has 0 radical (unpaired) electrons. The molecule has 0 aliphatic rings. The summed E-state index contributed by atoms with van der Waals surface area (Å²) in [5, 5.41) is 15.5. The number of anilines is 2. The third kappa shape index (κ3) is 4.85. The number of rotatable bonds is 6. The Kier molecular flexibility index (Phi) is 5.89. The Balaban J connectivity index is 2.05. The number of nitrogens with zero attached hydrogens (tertiary/aromatic N) is 1. The van der Waals surface area contributed by atoms with Crippen LogP contribution in [0.15, 0.2) is 47.4 Å². The minimum Gasteiger partial charge on any atom is -0.506 e. The van der Waals surface area contributed by atoms with Gasteiger partial charge in [-0.1, -0.05) is 17.7 Å². The van der Waals surface area contributed by atoms with Crippen LogP contribution in [-0.2, 0) is 14.8 Å². The molecule has 0 spiro atoms. The van der Waals surface area contributed by atoms with Gasteiger partial charge >= 0.3 is 0 Å². The molecule has 0 atom stereocenters. The predicted octanol–water partition coefficient (Wildman–Crippen LogP) is 2.35. The van der Waals surface area contributed by atoms with Crippen LogP contribution in [0.2, 0.25) is 5.02 Å². The molecule has 0 aliphatic heterocycles. The smallest absolute Gasteiger partial charge is 0.243 e. The molecule has 0 fully saturated rings. The van der Waals surface area contributed by atoms with Crippen LogP contribution in [0, 0.1) is 0 Å². The number of hydrogen-bond donors (Lipinski definition) is 3. The standard InChI is InChI=1S/C16H18ClN3O4S/c1-20(2)25(23,24)13-5-3-4-12(9-13)19-16(22)10-18-14-8-11(17)6-7-15(14)21/h3-9,18,21H,10H2,1-2H3,(H,19,22). The second-order valence-corrected chi connectivity index (χ2v) is 7.97. The van der Waals surface area contributed by atoms with E-state index in [9.17, 15) is 18.3 Å². The number of halogens is 1. The Labute approximate surface area is 151 Å². The zero-order valence-corrected chi connectivity index (χ0v) is 15.2. The van der Waals surface area contributed by atoms with Crippen molar-refractivity contribution in [1.82, 2.24) is 4.31 Å². The highest BCUT2D eigenvalue weighted by atomic mass is 35.5. The first kappa shape index (κ1) is 19.0. The number of amides is 1. The van der Waals surface area contributed by atoms with Gasteiger partial charge in [0.2, 0.25) is 15.9 Å². The molecule has 25 heavy (non-hydrogen) atoms. The largest absolute Gasteiger partial charge is 0.506 e. The van der Waals surface area contributed by atoms with Crippen LogP contribution in [0.1, 0.15) is 0 Å². The summed E-state index contributed by atoms with van der Waals surface area (Å²) >= 11 is 5.84. The maximum absolute atomic E-state index is 12.1. The van der Waals surface area contributed by atoms with Gasteiger partial charge in [0.25, 0.3) is 0 Å². The van der Waals surface area contributed by atoms with E-state index in [0.29, 0.717) is 16.4 Å². The summed E-state index contributed by atoms with van der Waals surface area (Å²) in [7, 11) is -0.717. The van der Waals surface area contributed by atoms with Crippen molar-refractivity contribution in [2.24, 2.45) is 0 Å². The Hall–Kier alpha value is -2.29. The molecule has 134 valence electrons. The highest BCUT2D eigenvalue weighted by Crippen LogP contribution is 2.26. The Bertz CT molecular complexity index is 885. The molecule has 0 heterocycles. The van der Waals surface area contributed by atoms with Crippen LogP contribution in [0.5, 0.6) is 5.75 Å². The average Bonchev–Trinajstić information content (AvgIpc) is 2.55. The number of phenols is 1. The molecule has 1 amide bonds. The molecule has 2 aromatic carbocycles. The third-order valence-corrected chi connectivity index (χ3v) is 5.34. The SMILES string of the molecule is CN(C)S(=O)(=O)c1cccc(NC(=O)CNc2cc(Cl)ccc2O)c1. The zero-order chi connectivity index (χ0) is 18.6. The molecule has 7 nitrogen and oxygen atoms in total. The molecule has 3 N–H and O–H groups in total. The van der Waals surface area contributed by atoms with Crippen molar-refractivity contribution >= 4 is 38.9 Å². The summed E-state index contributed by atoms with van der Waals surface area (Å²) in [6, 6.07) is 10.4. The number of carbonyl (C=O) groups excluding carboxylic acids is 1. The molecule has 0 bridgehead atoms. The summed E-state index contributed by atoms with van der Waals surface area (Å²) in [6.45, 7) is -0.126. The molecule has 0 unspecified atom stereocenters. The van der Waals surface area contributed by atoms with Crippen molar-refractivity contribution < 1.29 is 18.3 Å². The van der Waals surface area contributed by atoms with E-state index in [1.54, 1.807) is 12.1 Å². The normalized spacial score (nSPS) is 11.4. The van der Waals surface area contributed by atoms with Crippen molar-refractivity contribution in [2.75, 3.05) is 31.3 Å². The summed E-state index contributed by atoms with van der Waals surface area (Å²) in [4.78, 5) is 12.1. The molecule has 0 aliphatic carbocycles. The minimum atomic E-state index is -3.58. The van der Waals surface area contributed by atoms with Crippen molar-refractivity contribution in [2.45, 2.75) is 4.90 Å². The van der Waals surface area contributed by atoms with E-state index in [1.165, 1.54) is 44.4 Å². The molecule has 0 saturated carbocycles. The lowest BCUT2D eigenvalue weighted by atomic mass is 10.3. The zero-order valence-electron chi connectivity index (χ0n) is 13.7. The fourth-order valence-corrected chi connectivity index (χ4v) is 3.10. The molecular weight excluding hydrogens is 366 g/mol. The highest BCUT2D eigenvalue weighted by Gasteiger charge is 2.17. The van der Waals surface area contributed by atoms with E-state index in [2.05, 4.69) is 10.6 Å². The van der Waals surface area contributed by atoms with E-state index in [0.717, 1.165) is 4.31 Å². The predicted molar refractivity (Wildman–Crippen MR) is 97.6 cm³/mol. The van der Waals surface area contributed by atoms with Gasteiger partial charge in [-0.3, -0.25) is 4.79 Å². The number of carbonyl (C=O) groups is 1. The van der Waals surface area contributed by atoms with Gasteiger partial charge in [-0.15, -0.1) is 0 Å². The quantitative estimate of drug-likeness (QED) is 0.665. The van der Waals surface area contributed by atoms with Gasteiger partial charge in [0.1, 0.15) is 5.75 Å². The number of aromatic hydroxyl groups is 1. The number of hydrogen-bond acceptors (Lipinski definition) is 5. The van der Waals surface area contributed by atoms with Crippen LogP contribution in [0.4, 0.5) is 11.4 Å². The summed E-state index contributed by atoms with van der Waals surface area (Å²) in [5.41, 5.74) is 0.677. The first-order valence-electron chi connectivity index (χ1n) is 7.25. The Morgan fingerprint density at radius 3 is 2.60 bits per heavy atom. The second-order valence-electron chi connectivity index (χ2n) is 5.38. The van der Waals surface area contributed by atoms with Crippen LogP contribution >= 0.6 is 11.6 Å². The highest BCUT2D eigenvalue weighted by molar-refractivity contribution is 7.89. The minimum absolute atomic E-state index is 0.0312. The fraction of sp³-hybridized carbons (Fsp3) is 0.188. The molecule has 9 heteroatoms. The number of sulfonamides is 1. The van der Waals surface area contributed by atoms with E-state index in [1.807, 2.05) is 0 Å². The van der Waals surface area contributed by atoms with Crippen LogP contribution in [-0.4, -0.2) is 44.4 Å². The van der Waals surface area contributed by atoms with E-state index in [4.69, 9.17) is 11.6 Å². The maximum Gasteiger partial charge on any atom is 0.243 e. The molecule has 2 aromatic rings. The number of nitrogens with one attached hydrogen (secondary N) is 2. The first-order valence-corrected chi connectivity index (χ1v) is 9.07. The Morgan fingerprint density at radius 1 is 1.20 bits per heavy atom. The van der Waals surface area contributed by atoms with E-state index < -0.39 is 15.9 Å². The molecule has 2 rings (SSSR count). The second kappa shape index (κ2) is 7.73. The fourth-order valence-electron chi connectivity index (χ4n) is 1.98. The van der Waals surface area contributed by atoms with E-state index in [-0.39, 0.29) is 17.2 Å². The topological polar surface area (TPSA) is 98.7 Å². The van der Waals surface area contributed by atoms with Gasteiger partial charge in [0, 0.05) is 24.8 Å². The molecule has 0 aromatic heterocycles. The van der Waals surface area contributed by atoms with Crippen molar-refractivity contribution in [3.63, 3.8) is 0 Å². The summed E-state index contributed by atoms with van der Waals surface area (Å²) in [6.07, 6.45) is 0. The summed E-state index contributed by atoms with van der Waals surface area (Å²) < 4.78 is 25.3. The van der Waals surface area contributed by atoms with Crippen molar-refractivity contribution in [1.29, 1.82) is 0 Å².